The Kier molecular flexibility index (Phi) is 7.36. The number of ether oxygens (including phenoxy) is 1. The van der Waals surface area contributed by atoms with Crippen LogP contribution >= 0.6 is 0 Å². The van der Waals surface area contributed by atoms with Gasteiger partial charge in [0, 0.05) is 6.61 Å². The molecule has 7 heteroatoms. The third-order valence-electron chi connectivity index (χ3n) is 2.89. The van der Waals surface area contributed by atoms with Crippen LogP contribution in [0.4, 0.5) is 13.2 Å². The number of aliphatic carboxylic acids is 1. The van der Waals surface area contributed by atoms with Crippen molar-refractivity contribution in [1.82, 2.24) is 5.32 Å². The summed E-state index contributed by atoms with van der Waals surface area (Å²) in [4.78, 5) is 11.1. The number of carboxylic acid groups (broad SMARTS) is 1. The third-order valence-corrected chi connectivity index (χ3v) is 2.89. The molecule has 4 nitrogen and oxygen atoms in total. The first-order valence-corrected chi connectivity index (χ1v) is 6.30. The van der Waals surface area contributed by atoms with Crippen LogP contribution in [0.25, 0.3) is 0 Å². The number of nitrogens with one attached hydrogen (secondary N) is 1. The van der Waals surface area contributed by atoms with Gasteiger partial charge in [0.25, 0.3) is 0 Å². The molecular formula is C12H22F3NO3. The van der Waals surface area contributed by atoms with E-state index in [9.17, 15) is 18.0 Å². The first kappa shape index (κ1) is 18.2. The Bertz CT molecular complexity index is 284. The maximum atomic E-state index is 12.2. The molecule has 2 atom stereocenters. The Morgan fingerprint density at radius 3 is 2.42 bits per heavy atom. The second-order valence-corrected chi connectivity index (χ2v) is 4.72. The minimum atomic E-state index is -4.38. The van der Waals surface area contributed by atoms with Crippen LogP contribution in [0, 0.1) is 0 Å². The number of alkyl halides is 3. The van der Waals surface area contributed by atoms with Gasteiger partial charge in [-0.2, -0.15) is 13.2 Å². The SMILES string of the molecule is CCCNC(C)(CCCOC(C)C(F)(F)F)C(=O)O. The lowest BCUT2D eigenvalue weighted by molar-refractivity contribution is -0.214. The van der Waals surface area contributed by atoms with Gasteiger partial charge in [0.2, 0.25) is 0 Å². The number of carboxylic acids is 1. The van der Waals surface area contributed by atoms with E-state index in [2.05, 4.69) is 10.1 Å². The van der Waals surface area contributed by atoms with Crippen LogP contribution < -0.4 is 5.32 Å². The van der Waals surface area contributed by atoms with Crippen molar-refractivity contribution in [2.45, 2.75) is 57.9 Å². The van der Waals surface area contributed by atoms with Gasteiger partial charge in [0.15, 0.2) is 6.10 Å². The van der Waals surface area contributed by atoms with Crippen molar-refractivity contribution in [2.75, 3.05) is 13.2 Å². The highest BCUT2D eigenvalue weighted by atomic mass is 19.4. The average molecular weight is 285 g/mol. The topological polar surface area (TPSA) is 58.6 Å². The quantitative estimate of drug-likeness (QED) is 0.639. The van der Waals surface area contributed by atoms with Gasteiger partial charge in [-0.25, -0.2) is 0 Å². The van der Waals surface area contributed by atoms with Crippen LogP contribution in [0.1, 0.15) is 40.0 Å². The van der Waals surface area contributed by atoms with Crippen LogP contribution in [-0.4, -0.2) is 42.0 Å². The van der Waals surface area contributed by atoms with Gasteiger partial charge in [0.1, 0.15) is 5.54 Å². The van der Waals surface area contributed by atoms with Crippen molar-refractivity contribution < 1.29 is 27.8 Å². The molecule has 0 aromatic rings. The molecule has 19 heavy (non-hydrogen) atoms. The van der Waals surface area contributed by atoms with Crippen molar-refractivity contribution in [3.05, 3.63) is 0 Å². The van der Waals surface area contributed by atoms with Crippen LogP contribution in [0.3, 0.4) is 0 Å². The van der Waals surface area contributed by atoms with Crippen LogP contribution in [0.2, 0.25) is 0 Å². The van der Waals surface area contributed by atoms with E-state index in [0.29, 0.717) is 6.54 Å². The van der Waals surface area contributed by atoms with Gasteiger partial charge >= 0.3 is 12.1 Å². The molecule has 0 saturated heterocycles. The average Bonchev–Trinajstić information content (AvgIpc) is 2.30. The summed E-state index contributed by atoms with van der Waals surface area (Å²) < 4.78 is 41.2. The fourth-order valence-electron chi connectivity index (χ4n) is 1.45. The molecular weight excluding hydrogens is 263 g/mol. The molecule has 0 aromatic carbocycles. The van der Waals surface area contributed by atoms with Gasteiger partial charge in [-0.05, 0) is 39.7 Å². The Balaban J connectivity index is 4.11. The monoisotopic (exact) mass is 285 g/mol. The van der Waals surface area contributed by atoms with E-state index >= 15 is 0 Å². The standard InChI is InChI=1S/C12H22F3NO3/c1-4-7-16-11(3,10(17)18)6-5-8-19-9(2)12(13,14)15/h9,16H,4-8H2,1-3H3,(H,17,18). The molecule has 0 fully saturated rings. The lowest BCUT2D eigenvalue weighted by Gasteiger charge is -2.26. The summed E-state index contributed by atoms with van der Waals surface area (Å²) in [5.74, 6) is -1.01. The summed E-state index contributed by atoms with van der Waals surface area (Å²) in [6.07, 6.45) is -4.96. The first-order chi connectivity index (χ1) is 8.63. The molecule has 0 heterocycles. The summed E-state index contributed by atoms with van der Waals surface area (Å²) in [6.45, 7) is 4.80. The second kappa shape index (κ2) is 7.69. The van der Waals surface area contributed by atoms with E-state index in [0.717, 1.165) is 13.3 Å². The summed E-state index contributed by atoms with van der Waals surface area (Å²) in [6, 6.07) is 0. The maximum absolute atomic E-state index is 12.2. The largest absolute Gasteiger partial charge is 0.480 e. The Labute approximate surface area is 111 Å². The van der Waals surface area contributed by atoms with Gasteiger partial charge in [-0.15, -0.1) is 0 Å². The van der Waals surface area contributed by atoms with Gasteiger partial charge in [-0.1, -0.05) is 6.92 Å². The van der Waals surface area contributed by atoms with Crippen LogP contribution in [-0.2, 0) is 9.53 Å². The van der Waals surface area contributed by atoms with Crippen LogP contribution in [0.5, 0.6) is 0 Å². The highest BCUT2D eigenvalue weighted by Gasteiger charge is 2.37. The predicted octanol–water partition coefficient (Wildman–Crippen LogP) is 2.58. The second-order valence-electron chi connectivity index (χ2n) is 4.72. The van der Waals surface area contributed by atoms with Crippen molar-refractivity contribution >= 4 is 5.97 Å². The molecule has 0 rings (SSSR count). The first-order valence-electron chi connectivity index (χ1n) is 6.30. The molecule has 2 unspecified atom stereocenters. The molecule has 0 aliphatic rings. The van der Waals surface area contributed by atoms with E-state index in [4.69, 9.17) is 5.11 Å². The maximum Gasteiger partial charge on any atom is 0.414 e. The summed E-state index contributed by atoms with van der Waals surface area (Å²) in [5, 5.41) is 12.0. The van der Waals surface area contributed by atoms with Crippen molar-refractivity contribution in [3.63, 3.8) is 0 Å². The van der Waals surface area contributed by atoms with Gasteiger partial charge in [-0.3, -0.25) is 4.79 Å². The number of rotatable bonds is 9. The summed E-state index contributed by atoms with van der Waals surface area (Å²) >= 11 is 0. The van der Waals surface area contributed by atoms with Crippen LogP contribution in [0.15, 0.2) is 0 Å². The number of carbonyl (C=O) groups is 1. The van der Waals surface area contributed by atoms with Gasteiger partial charge < -0.3 is 15.2 Å². The summed E-state index contributed by atoms with van der Waals surface area (Å²) in [5.41, 5.74) is -1.12. The Morgan fingerprint density at radius 2 is 2.00 bits per heavy atom. The minimum Gasteiger partial charge on any atom is -0.480 e. The normalized spacial score (nSPS) is 16.9. The molecule has 0 spiro atoms. The lowest BCUT2D eigenvalue weighted by Crippen LogP contribution is -2.49. The molecule has 0 aliphatic heterocycles. The highest BCUT2D eigenvalue weighted by Crippen LogP contribution is 2.23. The molecule has 114 valence electrons. The Morgan fingerprint density at radius 1 is 1.42 bits per heavy atom. The summed E-state index contributed by atoms with van der Waals surface area (Å²) in [7, 11) is 0. The van der Waals surface area contributed by atoms with E-state index in [-0.39, 0.29) is 19.4 Å². The van der Waals surface area contributed by atoms with Crippen molar-refractivity contribution in [1.29, 1.82) is 0 Å². The zero-order valence-corrected chi connectivity index (χ0v) is 11.5. The predicted molar refractivity (Wildman–Crippen MR) is 65.0 cm³/mol. The molecule has 0 aliphatic carbocycles. The zero-order valence-electron chi connectivity index (χ0n) is 11.5. The minimum absolute atomic E-state index is 0.114. The highest BCUT2D eigenvalue weighted by molar-refractivity contribution is 5.78. The zero-order chi connectivity index (χ0) is 15.1. The number of hydrogen-bond donors (Lipinski definition) is 2. The smallest absolute Gasteiger partial charge is 0.414 e. The molecule has 2 N–H and O–H groups in total. The van der Waals surface area contributed by atoms with Crippen molar-refractivity contribution in [2.24, 2.45) is 0 Å². The Hall–Kier alpha value is -0.820. The molecule has 0 radical (unpaired) electrons. The van der Waals surface area contributed by atoms with E-state index in [1.54, 1.807) is 0 Å². The fourth-order valence-corrected chi connectivity index (χ4v) is 1.45. The lowest BCUT2D eigenvalue weighted by atomic mass is 9.96. The van der Waals surface area contributed by atoms with Crippen molar-refractivity contribution in [3.8, 4) is 0 Å². The fraction of sp³-hybridized carbons (Fsp3) is 0.917. The number of hydrogen-bond acceptors (Lipinski definition) is 3. The van der Waals surface area contributed by atoms with Gasteiger partial charge in [0.05, 0.1) is 0 Å². The molecule has 0 amide bonds. The third kappa shape index (κ3) is 6.77. The van der Waals surface area contributed by atoms with E-state index in [1.165, 1.54) is 6.92 Å². The molecule has 0 saturated carbocycles. The molecule has 0 aromatic heterocycles. The van der Waals surface area contributed by atoms with E-state index < -0.39 is 23.8 Å². The number of halogens is 3. The van der Waals surface area contributed by atoms with E-state index in [1.807, 2.05) is 6.92 Å². The molecule has 0 bridgehead atoms.